The third-order valence-corrected chi connectivity index (χ3v) is 4.07. The minimum atomic E-state index is -2.93. The molecule has 1 aliphatic heterocycles. The van der Waals surface area contributed by atoms with Crippen LogP contribution >= 0.6 is 0 Å². The van der Waals surface area contributed by atoms with Gasteiger partial charge in [0.1, 0.15) is 0 Å². The van der Waals surface area contributed by atoms with E-state index in [0.717, 1.165) is 0 Å². The van der Waals surface area contributed by atoms with Gasteiger partial charge in [-0.15, -0.1) is 0 Å². The zero-order valence-electron chi connectivity index (χ0n) is 7.99. The van der Waals surface area contributed by atoms with Crippen LogP contribution in [0.3, 0.4) is 0 Å². The van der Waals surface area contributed by atoms with Gasteiger partial charge in [-0.1, -0.05) is 6.92 Å². The zero-order valence-corrected chi connectivity index (χ0v) is 8.80. The van der Waals surface area contributed by atoms with Crippen LogP contribution in [-0.2, 0) is 14.6 Å². The summed E-state index contributed by atoms with van der Waals surface area (Å²) in [7, 11) is -2.93. The summed E-state index contributed by atoms with van der Waals surface area (Å²) in [5.41, 5.74) is 0. The van der Waals surface area contributed by atoms with Crippen LogP contribution in [0.1, 0.15) is 13.8 Å². The SMILES string of the molecule is CC(=O)N1CCS(=O)(=O)CC(C)C1. The number of carbonyl (C=O) groups is 1. The molecule has 0 aromatic heterocycles. The van der Waals surface area contributed by atoms with Gasteiger partial charge in [-0.05, 0) is 5.92 Å². The monoisotopic (exact) mass is 205 g/mol. The molecule has 1 amide bonds. The summed E-state index contributed by atoms with van der Waals surface area (Å²) in [6.45, 7) is 4.25. The number of hydrogen-bond acceptors (Lipinski definition) is 3. The summed E-state index contributed by atoms with van der Waals surface area (Å²) >= 11 is 0. The average Bonchev–Trinajstić information content (AvgIpc) is 2.07. The summed E-state index contributed by atoms with van der Waals surface area (Å²) in [5.74, 6) is 0.327. The molecule has 13 heavy (non-hydrogen) atoms. The summed E-state index contributed by atoms with van der Waals surface area (Å²) in [6.07, 6.45) is 0. The number of sulfone groups is 1. The Labute approximate surface area is 78.8 Å². The molecule has 1 fully saturated rings. The van der Waals surface area contributed by atoms with E-state index in [-0.39, 0.29) is 23.3 Å². The third kappa shape index (κ3) is 2.99. The molecule has 5 heteroatoms. The van der Waals surface area contributed by atoms with Gasteiger partial charge in [-0.25, -0.2) is 8.42 Å². The predicted molar refractivity (Wildman–Crippen MR) is 50.1 cm³/mol. The molecular formula is C8H15NO3S. The Hall–Kier alpha value is -0.580. The highest BCUT2D eigenvalue weighted by atomic mass is 32.2. The second-order valence-corrected chi connectivity index (χ2v) is 5.91. The van der Waals surface area contributed by atoms with Gasteiger partial charge < -0.3 is 4.90 Å². The topological polar surface area (TPSA) is 54.5 Å². The Balaban J connectivity index is 2.75. The first-order valence-corrected chi connectivity index (χ1v) is 6.19. The van der Waals surface area contributed by atoms with Gasteiger partial charge in [0.05, 0.1) is 11.5 Å². The van der Waals surface area contributed by atoms with Gasteiger partial charge in [0, 0.05) is 20.0 Å². The fraction of sp³-hybridized carbons (Fsp3) is 0.875. The molecule has 1 heterocycles. The van der Waals surface area contributed by atoms with Crippen LogP contribution in [0.25, 0.3) is 0 Å². The number of amides is 1. The Morgan fingerprint density at radius 3 is 2.62 bits per heavy atom. The smallest absolute Gasteiger partial charge is 0.219 e. The van der Waals surface area contributed by atoms with Crippen LogP contribution in [0.2, 0.25) is 0 Å². The van der Waals surface area contributed by atoms with Gasteiger partial charge in [0.25, 0.3) is 0 Å². The zero-order chi connectivity index (χ0) is 10.1. The summed E-state index contributed by atoms with van der Waals surface area (Å²) in [5, 5.41) is 0. The molecular weight excluding hydrogens is 190 g/mol. The quantitative estimate of drug-likeness (QED) is 0.555. The molecule has 76 valence electrons. The lowest BCUT2D eigenvalue weighted by Gasteiger charge is -2.19. The summed E-state index contributed by atoms with van der Waals surface area (Å²) in [6, 6.07) is 0. The largest absolute Gasteiger partial charge is 0.342 e. The summed E-state index contributed by atoms with van der Waals surface area (Å²) < 4.78 is 22.6. The van der Waals surface area contributed by atoms with Crippen LogP contribution in [0, 0.1) is 5.92 Å². The molecule has 0 aromatic rings. The molecule has 1 rings (SSSR count). The van der Waals surface area contributed by atoms with Crippen molar-refractivity contribution in [1.29, 1.82) is 0 Å². The lowest BCUT2D eigenvalue weighted by molar-refractivity contribution is -0.128. The van der Waals surface area contributed by atoms with E-state index in [1.165, 1.54) is 6.92 Å². The molecule has 1 aliphatic rings. The van der Waals surface area contributed by atoms with E-state index in [0.29, 0.717) is 13.1 Å². The van der Waals surface area contributed by atoms with Crippen LogP contribution in [0.15, 0.2) is 0 Å². The maximum Gasteiger partial charge on any atom is 0.219 e. The second-order valence-electron chi connectivity index (χ2n) is 3.68. The molecule has 1 unspecified atom stereocenters. The van der Waals surface area contributed by atoms with Crippen molar-refractivity contribution in [3.8, 4) is 0 Å². The van der Waals surface area contributed by atoms with Crippen molar-refractivity contribution >= 4 is 15.7 Å². The van der Waals surface area contributed by atoms with Crippen molar-refractivity contribution in [3.05, 3.63) is 0 Å². The van der Waals surface area contributed by atoms with Gasteiger partial charge in [0.15, 0.2) is 9.84 Å². The van der Waals surface area contributed by atoms with Crippen LogP contribution in [0.5, 0.6) is 0 Å². The van der Waals surface area contributed by atoms with Gasteiger partial charge in [-0.2, -0.15) is 0 Å². The van der Waals surface area contributed by atoms with E-state index < -0.39 is 9.84 Å². The Bertz CT molecular complexity index is 297. The van der Waals surface area contributed by atoms with Crippen molar-refractivity contribution in [3.63, 3.8) is 0 Å². The third-order valence-electron chi connectivity index (χ3n) is 2.19. The van der Waals surface area contributed by atoms with Crippen LogP contribution in [-0.4, -0.2) is 43.8 Å². The lowest BCUT2D eigenvalue weighted by atomic mass is 10.2. The number of rotatable bonds is 0. The van der Waals surface area contributed by atoms with E-state index in [9.17, 15) is 13.2 Å². The van der Waals surface area contributed by atoms with E-state index in [4.69, 9.17) is 0 Å². The predicted octanol–water partition coefficient (Wildman–Crippen LogP) is -0.101. The standard InChI is InChI=1S/C8H15NO3S/c1-7-5-9(8(2)10)3-4-13(11,12)6-7/h7H,3-6H2,1-2H3. The van der Waals surface area contributed by atoms with E-state index in [1.807, 2.05) is 6.92 Å². The minimum Gasteiger partial charge on any atom is -0.342 e. The fourth-order valence-corrected chi connectivity index (χ4v) is 3.21. The molecule has 1 atom stereocenters. The first-order valence-electron chi connectivity index (χ1n) is 4.36. The van der Waals surface area contributed by atoms with Crippen molar-refractivity contribution in [2.24, 2.45) is 5.92 Å². The van der Waals surface area contributed by atoms with Crippen molar-refractivity contribution in [2.45, 2.75) is 13.8 Å². The van der Waals surface area contributed by atoms with Crippen molar-refractivity contribution in [2.75, 3.05) is 24.6 Å². The number of hydrogen-bond donors (Lipinski definition) is 0. The van der Waals surface area contributed by atoms with Crippen LogP contribution < -0.4 is 0 Å². The first-order chi connectivity index (χ1) is 5.91. The molecule has 0 aliphatic carbocycles. The van der Waals surface area contributed by atoms with Gasteiger partial charge >= 0.3 is 0 Å². The Morgan fingerprint density at radius 2 is 2.08 bits per heavy atom. The highest BCUT2D eigenvalue weighted by Gasteiger charge is 2.24. The normalized spacial score (nSPS) is 28.2. The molecule has 0 radical (unpaired) electrons. The second kappa shape index (κ2) is 3.65. The van der Waals surface area contributed by atoms with E-state index in [2.05, 4.69) is 0 Å². The first kappa shape index (κ1) is 10.5. The number of nitrogens with zero attached hydrogens (tertiary/aromatic N) is 1. The van der Waals surface area contributed by atoms with Crippen molar-refractivity contribution < 1.29 is 13.2 Å². The molecule has 0 bridgehead atoms. The molecule has 4 nitrogen and oxygen atoms in total. The molecule has 1 saturated heterocycles. The lowest BCUT2D eigenvalue weighted by Crippen LogP contribution is -2.33. The summed E-state index contributed by atoms with van der Waals surface area (Å²) in [4.78, 5) is 12.6. The highest BCUT2D eigenvalue weighted by molar-refractivity contribution is 7.91. The number of carbonyl (C=O) groups excluding carboxylic acids is 1. The Morgan fingerprint density at radius 1 is 1.46 bits per heavy atom. The molecule has 0 N–H and O–H groups in total. The van der Waals surface area contributed by atoms with Crippen LogP contribution in [0.4, 0.5) is 0 Å². The van der Waals surface area contributed by atoms with E-state index >= 15 is 0 Å². The molecule has 0 spiro atoms. The molecule has 0 aromatic carbocycles. The van der Waals surface area contributed by atoms with Crippen molar-refractivity contribution in [1.82, 2.24) is 4.90 Å². The average molecular weight is 205 g/mol. The Kier molecular flexibility index (Phi) is 2.95. The highest BCUT2D eigenvalue weighted by Crippen LogP contribution is 2.10. The minimum absolute atomic E-state index is 0.0380. The molecule has 0 saturated carbocycles. The maximum absolute atomic E-state index is 11.3. The van der Waals surface area contributed by atoms with Gasteiger partial charge in [-0.3, -0.25) is 4.79 Å². The van der Waals surface area contributed by atoms with Gasteiger partial charge in [0.2, 0.25) is 5.91 Å². The van der Waals surface area contributed by atoms with E-state index in [1.54, 1.807) is 4.90 Å². The maximum atomic E-state index is 11.3. The fourth-order valence-electron chi connectivity index (χ4n) is 1.57.